The van der Waals surface area contributed by atoms with Gasteiger partial charge in [-0.05, 0) is 37.7 Å². The van der Waals surface area contributed by atoms with Crippen LogP contribution in [0.1, 0.15) is 11.3 Å². The van der Waals surface area contributed by atoms with E-state index in [0.29, 0.717) is 18.1 Å². The smallest absolute Gasteiger partial charge is 0.322 e. The van der Waals surface area contributed by atoms with Gasteiger partial charge >= 0.3 is 5.97 Å². The van der Waals surface area contributed by atoms with Crippen molar-refractivity contribution in [3.63, 3.8) is 0 Å². The Morgan fingerprint density at radius 2 is 2.12 bits per heavy atom. The van der Waals surface area contributed by atoms with Crippen molar-refractivity contribution in [2.24, 2.45) is 0 Å². The van der Waals surface area contributed by atoms with Gasteiger partial charge in [-0.15, -0.1) is 0 Å². The van der Waals surface area contributed by atoms with Crippen molar-refractivity contribution >= 4 is 17.6 Å². The highest BCUT2D eigenvalue weighted by molar-refractivity contribution is 6.31. The van der Waals surface area contributed by atoms with Gasteiger partial charge in [-0.1, -0.05) is 23.7 Å². The van der Waals surface area contributed by atoms with Gasteiger partial charge < -0.3 is 9.52 Å². The average Bonchev–Trinajstić information content (AvgIpc) is 3.00. The molecule has 1 aliphatic heterocycles. The molecule has 128 valence electrons. The molecule has 0 radical (unpaired) electrons. The Labute approximate surface area is 146 Å². The highest BCUT2D eigenvalue weighted by atomic mass is 35.5. The maximum Gasteiger partial charge on any atom is 0.322 e. The van der Waals surface area contributed by atoms with Gasteiger partial charge in [-0.3, -0.25) is 14.6 Å². The molecule has 0 amide bonds. The Morgan fingerprint density at radius 3 is 2.83 bits per heavy atom. The van der Waals surface area contributed by atoms with E-state index in [4.69, 9.17) is 16.0 Å². The molecule has 1 N–H and O–H groups in total. The highest BCUT2D eigenvalue weighted by Gasteiger charge is 2.30. The van der Waals surface area contributed by atoms with Crippen LogP contribution in [0.25, 0.3) is 11.3 Å². The SMILES string of the molecule is Cc1ccc(-c2ccc(CN3CCN(C)C(C(=O)O)C3)o2)cc1Cl. The molecule has 1 aliphatic rings. The number of halogens is 1. The van der Waals surface area contributed by atoms with Crippen LogP contribution in [0.2, 0.25) is 5.02 Å². The molecule has 1 aromatic carbocycles. The van der Waals surface area contributed by atoms with Crippen molar-refractivity contribution in [3.8, 4) is 11.3 Å². The topological polar surface area (TPSA) is 56.9 Å². The molecular formula is C18H21ClN2O3. The van der Waals surface area contributed by atoms with Crippen molar-refractivity contribution in [2.75, 3.05) is 26.7 Å². The molecule has 2 aromatic rings. The summed E-state index contributed by atoms with van der Waals surface area (Å²) in [5.74, 6) is 0.822. The summed E-state index contributed by atoms with van der Waals surface area (Å²) >= 11 is 6.18. The predicted molar refractivity (Wildman–Crippen MR) is 93.2 cm³/mol. The number of nitrogens with zero attached hydrogens (tertiary/aromatic N) is 2. The number of likely N-dealkylation sites (N-methyl/N-ethyl adjacent to an activating group) is 1. The summed E-state index contributed by atoms with van der Waals surface area (Å²) in [4.78, 5) is 15.3. The lowest BCUT2D eigenvalue weighted by Crippen LogP contribution is -2.54. The number of rotatable bonds is 4. The zero-order chi connectivity index (χ0) is 17.3. The van der Waals surface area contributed by atoms with Crippen LogP contribution in [0.4, 0.5) is 0 Å². The van der Waals surface area contributed by atoms with Crippen molar-refractivity contribution in [1.29, 1.82) is 0 Å². The minimum absolute atomic E-state index is 0.468. The van der Waals surface area contributed by atoms with Gasteiger partial charge in [0.2, 0.25) is 0 Å². The third-order valence-corrected chi connectivity index (χ3v) is 4.92. The molecule has 0 saturated carbocycles. The lowest BCUT2D eigenvalue weighted by atomic mass is 10.1. The average molecular weight is 349 g/mol. The summed E-state index contributed by atoms with van der Waals surface area (Å²) < 4.78 is 5.93. The fourth-order valence-corrected chi connectivity index (χ4v) is 3.11. The number of furan rings is 1. The van der Waals surface area contributed by atoms with Crippen molar-refractivity contribution < 1.29 is 14.3 Å². The van der Waals surface area contributed by atoms with Gasteiger partial charge in [-0.2, -0.15) is 0 Å². The number of hydrogen-bond donors (Lipinski definition) is 1. The molecule has 1 aromatic heterocycles. The Balaban J connectivity index is 1.70. The largest absolute Gasteiger partial charge is 0.480 e. The van der Waals surface area contributed by atoms with E-state index in [1.165, 1.54) is 0 Å². The van der Waals surface area contributed by atoms with E-state index in [1.807, 2.05) is 49.2 Å². The quantitative estimate of drug-likeness (QED) is 0.920. The lowest BCUT2D eigenvalue weighted by Gasteiger charge is -2.36. The maximum absolute atomic E-state index is 11.3. The molecular weight excluding hydrogens is 328 g/mol. The van der Waals surface area contributed by atoms with Gasteiger partial charge in [-0.25, -0.2) is 0 Å². The number of hydrogen-bond acceptors (Lipinski definition) is 4. The van der Waals surface area contributed by atoms with Gasteiger partial charge in [0, 0.05) is 30.2 Å². The molecule has 0 bridgehead atoms. The molecule has 2 heterocycles. The summed E-state index contributed by atoms with van der Waals surface area (Å²) in [6.45, 7) is 4.63. The molecule has 3 rings (SSSR count). The van der Waals surface area contributed by atoms with Gasteiger partial charge in [0.05, 0.1) is 6.54 Å². The van der Waals surface area contributed by atoms with Crippen LogP contribution in [-0.4, -0.2) is 53.6 Å². The highest BCUT2D eigenvalue weighted by Crippen LogP contribution is 2.27. The number of carbonyl (C=O) groups is 1. The fraction of sp³-hybridized carbons (Fsp3) is 0.389. The van der Waals surface area contributed by atoms with Gasteiger partial charge in [0.15, 0.2) is 0 Å². The van der Waals surface area contributed by atoms with Crippen LogP contribution in [0, 0.1) is 6.92 Å². The van der Waals surface area contributed by atoms with Crippen LogP contribution in [0.3, 0.4) is 0 Å². The van der Waals surface area contributed by atoms with E-state index in [-0.39, 0.29) is 0 Å². The third kappa shape index (κ3) is 3.64. The van der Waals surface area contributed by atoms with Crippen molar-refractivity contribution in [1.82, 2.24) is 9.80 Å². The Morgan fingerprint density at radius 1 is 1.33 bits per heavy atom. The zero-order valence-electron chi connectivity index (χ0n) is 13.8. The molecule has 1 fully saturated rings. The molecule has 1 saturated heterocycles. The normalized spacial score (nSPS) is 19.5. The number of aliphatic carboxylic acids is 1. The first kappa shape index (κ1) is 17.0. The zero-order valence-corrected chi connectivity index (χ0v) is 14.6. The monoisotopic (exact) mass is 348 g/mol. The van der Waals surface area contributed by atoms with E-state index in [1.54, 1.807) is 0 Å². The minimum atomic E-state index is -0.781. The first-order chi connectivity index (χ1) is 11.4. The predicted octanol–water partition coefficient (Wildman–Crippen LogP) is 3.11. The summed E-state index contributed by atoms with van der Waals surface area (Å²) in [6, 6.07) is 9.26. The number of carboxylic acid groups (broad SMARTS) is 1. The minimum Gasteiger partial charge on any atom is -0.480 e. The molecule has 6 heteroatoms. The molecule has 5 nitrogen and oxygen atoms in total. The summed E-state index contributed by atoms with van der Waals surface area (Å²) in [5, 5.41) is 10.0. The van der Waals surface area contributed by atoms with E-state index in [0.717, 1.165) is 35.7 Å². The standard InChI is InChI=1S/C18H21ClN2O3/c1-12-3-4-13(9-15(12)19)17-6-5-14(24-17)10-21-8-7-20(2)16(11-21)18(22)23/h3-6,9,16H,7-8,10-11H2,1-2H3,(H,22,23). The second-order valence-electron chi connectivity index (χ2n) is 6.30. The summed E-state index contributed by atoms with van der Waals surface area (Å²) in [6.07, 6.45) is 0. The third-order valence-electron chi connectivity index (χ3n) is 4.51. The number of benzene rings is 1. The first-order valence-corrected chi connectivity index (χ1v) is 8.32. The molecule has 0 aliphatic carbocycles. The van der Waals surface area contributed by atoms with E-state index in [9.17, 15) is 9.90 Å². The summed E-state index contributed by atoms with van der Waals surface area (Å²) in [7, 11) is 1.85. The van der Waals surface area contributed by atoms with Crippen LogP contribution in [-0.2, 0) is 11.3 Å². The molecule has 1 unspecified atom stereocenters. The molecule has 0 spiro atoms. The van der Waals surface area contributed by atoms with E-state index < -0.39 is 12.0 Å². The van der Waals surface area contributed by atoms with Crippen LogP contribution < -0.4 is 0 Å². The second-order valence-corrected chi connectivity index (χ2v) is 6.71. The fourth-order valence-electron chi connectivity index (χ4n) is 2.93. The van der Waals surface area contributed by atoms with Crippen LogP contribution in [0.15, 0.2) is 34.7 Å². The van der Waals surface area contributed by atoms with Gasteiger partial charge in [0.1, 0.15) is 17.6 Å². The Bertz CT molecular complexity index is 744. The van der Waals surface area contributed by atoms with E-state index in [2.05, 4.69) is 4.90 Å². The number of aryl methyl sites for hydroxylation is 1. The van der Waals surface area contributed by atoms with Crippen molar-refractivity contribution in [2.45, 2.75) is 19.5 Å². The number of carboxylic acids is 1. The molecule has 24 heavy (non-hydrogen) atoms. The van der Waals surface area contributed by atoms with Crippen molar-refractivity contribution in [3.05, 3.63) is 46.7 Å². The Hall–Kier alpha value is -1.82. The van der Waals surface area contributed by atoms with Gasteiger partial charge in [0.25, 0.3) is 0 Å². The first-order valence-electron chi connectivity index (χ1n) is 7.94. The lowest BCUT2D eigenvalue weighted by molar-refractivity contribution is -0.145. The molecule has 1 atom stereocenters. The second kappa shape index (κ2) is 6.97. The Kier molecular flexibility index (Phi) is 4.94. The maximum atomic E-state index is 11.3. The number of piperazine rings is 1. The van der Waals surface area contributed by atoms with Crippen LogP contribution >= 0.6 is 11.6 Å². The van der Waals surface area contributed by atoms with Crippen LogP contribution in [0.5, 0.6) is 0 Å². The summed E-state index contributed by atoms with van der Waals surface area (Å²) in [5.41, 5.74) is 1.97. The van der Waals surface area contributed by atoms with E-state index >= 15 is 0 Å².